The number of nitrogens with one attached hydrogen (secondary N) is 3. The minimum absolute atomic E-state index is 0.0283. The molecule has 25 heavy (non-hydrogen) atoms. The molecule has 1 amide bonds. The van der Waals surface area contributed by atoms with E-state index in [0.29, 0.717) is 6.54 Å². The highest BCUT2D eigenvalue weighted by Crippen LogP contribution is 2.19. The van der Waals surface area contributed by atoms with Crippen molar-refractivity contribution in [3.8, 4) is 0 Å². The second kappa shape index (κ2) is 9.65. The Hall–Kier alpha value is -1.76. The van der Waals surface area contributed by atoms with Crippen molar-refractivity contribution in [1.29, 1.82) is 0 Å². The zero-order chi connectivity index (χ0) is 17.3. The van der Waals surface area contributed by atoms with Crippen LogP contribution in [0.1, 0.15) is 36.4 Å². The van der Waals surface area contributed by atoms with E-state index in [1.165, 1.54) is 12.8 Å². The predicted molar refractivity (Wildman–Crippen MR) is 101 cm³/mol. The van der Waals surface area contributed by atoms with Gasteiger partial charge >= 0.3 is 0 Å². The first-order chi connectivity index (χ1) is 12.3. The maximum atomic E-state index is 12.7. The highest BCUT2D eigenvalue weighted by atomic mass is 32.1. The standard InChI is InChI=1S/C19H26N4OS/c24-19(23-13-16-3-9-21-10-4-16)18(17-6-12-25-14-17)22-11-5-15-1-7-20-8-2-15/h3-4,6,9-10,12,14-15,18,20,22H,1-2,5,7-8,11,13H2,(H,23,24). The fourth-order valence-corrected chi connectivity index (χ4v) is 3.88. The van der Waals surface area contributed by atoms with Gasteiger partial charge in [-0.25, -0.2) is 0 Å². The van der Waals surface area contributed by atoms with Crippen LogP contribution in [0.2, 0.25) is 0 Å². The Kier molecular flexibility index (Phi) is 6.97. The fraction of sp³-hybridized carbons (Fsp3) is 0.474. The minimum atomic E-state index is -0.283. The lowest BCUT2D eigenvalue weighted by atomic mass is 9.94. The average molecular weight is 359 g/mol. The molecule has 1 unspecified atom stereocenters. The van der Waals surface area contributed by atoms with E-state index >= 15 is 0 Å². The molecule has 0 aromatic carbocycles. The summed E-state index contributed by atoms with van der Waals surface area (Å²) in [4.78, 5) is 16.7. The predicted octanol–water partition coefficient (Wildman–Crippen LogP) is 2.48. The van der Waals surface area contributed by atoms with E-state index in [1.54, 1.807) is 23.7 Å². The molecule has 3 rings (SSSR count). The second-order valence-electron chi connectivity index (χ2n) is 6.50. The van der Waals surface area contributed by atoms with Crippen LogP contribution in [-0.2, 0) is 11.3 Å². The summed E-state index contributed by atoms with van der Waals surface area (Å²) in [7, 11) is 0. The van der Waals surface area contributed by atoms with Gasteiger partial charge in [0.15, 0.2) is 0 Å². The molecule has 2 aromatic rings. The van der Waals surface area contributed by atoms with Crippen LogP contribution >= 0.6 is 11.3 Å². The third-order valence-corrected chi connectivity index (χ3v) is 5.42. The van der Waals surface area contributed by atoms with Crippen molar-refractivity contribution in [3.63, 3.8) is 0 Å². The number of thiophene rings is 1. The number of hydrogen-bond acceptors (Lipinski definition) is 5. The van der Waals surface area contributed by atoms with E-state index in [-0.39, 0.29) is 11.9 Å². The Morgan fingerprint density at radius 2 is 2.08 bits per heavy atom. The summed E-state index contributed by atoms with van der Waals surface area (Å²) < 4.78 is 0. The normalized spacial score (nSPS) is 16.5. The van der Waals surface area contributed by atoms with Gasteiger partial charge in [-0.2, -0.15) is 11.3 Å². The molecule has 1 aliphatic rings. The maximum Gasteiger partial charge on any atom is 0.242 e. The Morgan fingerprint density at radius 1 is 1.28 bits per heavy atom. The van der Waals surface area contributed by atoms with Crippen LogP contribution in [0.15, 0.2) is 41.4 Å². The highest BCUT2D eigenvalue weighted by Gasteiger charge is 2.21. The monoisotopic (exact) mass is 358 g/mol. The molecule has 1 atom stereocenters. The first-order valence-electron chi connectivity index (χ1n) is 8.96. The first kappa shape index (κ1) is 18.0. The number of rotatable bonds is 8. The molecule has 3 N–H and O–H groups in total. The number of piperidine rings is 1. The molecule has 0 spiro atoms. The maximum absolute atomic E-state index is 12.7. The van der Waals surface area contributed by atoms with Gasteiger partial charge in [-0.15, -0.1) is 0 Å². The zero-order valence-corrected chi connectivity index (χ0v) is 15.2. The molecule has 0 bridgehead atoms. The van der Waals surface area contributed by atoms with E-state index in [9.17, 15) is 4.79 Å². The van der Waals surface area contributed by atoms with E-state index in [2.05, 4.69) is 20.9 Å². The van der Waals surface area contributed by atoms with Gasteiger partial charge in [-0.3, -0.25) is 9.78 Å². The Bertz CT molecular complexity index is 626. The summed E-state index contributed by atoms with van der Waals surface area (Å²) >= 11 is 1.62. The summed E-state index contributed by atoms with van der Waals surface area (Å²) in [6.07, 6.45) is 7.09. The molecule has 3 heterocycles. The van der Waals surface area contributed by atoms with Gasteiger partial charge in [0.2, 0.25) is 5.91 Å². The van der Waals surface area contributed by atoms with Crippen LogP contribution in [0, 0.1) is 5.92 Å². The number of hydrogen-bond donors (Lipinski definition) is 3. The number of pyridine rings is 1. The van der Waals surface area contributed by atoms with Crippen molar-refractivity contribution < 1.29 is 4.79 Å². The molecule has 1 saturated heterocycles. The van der Waals surface area contributed by atoms with Crippen molar-refractivity contribution in [2.75, 3.05) is 19.6 Å². The van der Waals surface area contributed by atoms with Gasteiger partial charge < -0.3 is 16.0 Å². The van der Waals surface area contributed by atoms with Gasteiger partial charge in [0.05, 0.1) is 0 Å². The molecule has 5 nitrogen and oxygen atoms in total. The van der Waals surface area contributed by atoms with Gasteiger partial charge in [0, 0.05) is 18.9 Å². The van der Waals surface area contributed by atoms with Gasteiger partial charge in [0.1, 0.15) is 6.04 Å². The summed E-state index contributed by atoms with van der Waals surface area (Å²) in [5.74, 6) is 0.789. The van der Waals surface area contributed by atoms with Gasteiger partial charge in [0.25, 0.3) is 0 Å². The van der Waals surface area contributed by atoms with Crippen molar-refractivity contribution in [2.24, 2.45) is 5.92 Å². The van der Waals surface area contributed by atoms with Crippen LogP contribution in [0.25, 0.3) is 0 Å². The molecule has 1 fully saturated rings. The quantitative estimate of drug-likeness (QED) is 0.678. The van der Waals surface area contributed by atoms with E-state index in [1.807, 2.05) is 29.0 Å². The third-order valence-electron chi connectivity index (χ3n) is 4.71. The molecule has 2 aromatic heterocycles. The molecular formula is C19H26N4OS. The number of aromatic nitrogens is 1. The van der Waals surface area contributed by atoms with Crippen molar-refractivity contribution in [2.45, 2.75) is 31.8 Å². The minimum Gasteiger partial charge on any atom is -0.350 e. The fourth-order valence-electron chi connectivity index (χ4n) is 3.20. The topological polar surface area (TPSA) is 66.0 Å². The molecule has 0 radical (unpaired) electrons. The van der Waals surface area contributed by atoms with Crippen LogP contribution in [0.3, 0.4) is 0 Å². The van der Waals surface area contributed by atoms with Crippen LogP contribution in [0.5, 0.6) is 0 Å². The number of carbonyl (C=O) groups excluding carboxylic acids is 1. The van der Waals surface area contributed by atoms with Crippen molar-refractivity contribution in [1.82, 2.24) is 20.9 Å². The van der Waals surface area contributed by atoms with Gasteiger partial charge in [-0.1, -0.05) is 0 Å². The van der Waals surface area contributed by atoms with E-state index in [0.717, 1.165) is 43.1 Å². The summed E-state index contributed by atoms with van der Waals surface area (Å²) in [6, 6.07) is 5.59. The number of carbonyl (C=O) groups is 1. The Balaban J connectivity index is 1.52. The SMILES string of the molecule is O=C(NCc1ccncc1)C(NCCC1CCNCC1)c1ccsc1. The van der Waals surface area contributed by atoms with E-state index < -0.39 is 0 Å². The molecule has 6 heteroatoms. The van der Waals surface area contributed by atoms with Gasteiger partial charge in [-0.05, 0) is 84.9 Å². The Labute approximate surface area is 153 Å². The van der Waals surface area contributed by atoms with Crippen molar-refractivity contribution in [3.05, 3.63) is 52.5 Å². The second-order valence-corrected chi connectivity index (χ2v) is 7.28. The lowest BCUT2D eigenvalue weighted by Gasteiger charge is -2.24. The molecule has 134 valence electrons. The van der Waals surface area contributed by atoms with Crippen LogP contribution in [-0.4, -0.2) is 30.5 Å². The van der Waals surface area contributed by atoms with E-state index in [4.69, 9.17) is 0 Å². The van der Waals surface area contributed by atoms with Crippen molar-refractivity contribution >= 4 is 17.2 Å². The smallest absolute Gasteiger partial charge is 0.242 e. The van der Waals surface area contributed by atoms with Crippen LogP contribution in [0.4, 0.5) is 0 Å². The third kappa shape index (κ3) is 5.63. The number of amides is 1. The molecule has 1 aliphatic heterocycles. The average Bonchev–Trinajstić information content (AvgIpc) is 3.19. The van der Waals surface area contributed by atoms with Crippen LogP contribution < -0.4 is 16.0 Å². The summed E-state index contributed by atoms with van der Waals surface area (Å²) in [5.41, 5.74) is 2.10. The summed E-state index contributed by atoms with van der Waals surface area (Å²) in [6.45, 7) is 3.63. The molecule has 0 saturated carbocycles. The largest absolute Gasteiger partial charge is 0.350 e. The molecule has 0 aliphatic carbocycles. The zero-order valence-electron chi connectivity index (χ0n) is 14.4. The highest BCUT2D eigenvalue weighted by molar-refractivity contribution is 7.08. The lowest BCUT2D eigenvalue weighted by molar-refractivity contribution is -0.123. The number of nitrogens with zero attached hydrogens (tertiary/aromatic N) is 1. The summed E-state index contributed by atoms with van der Waals surface area (Å²) in [5, 5.41) is 14.0. The lowest BCUT2D eigenvalue weighted by Crippen LogP contribution is -2.38. The molecular weight excluding hydrogens is 332 g/mol. The first-order valence-corrected chi connectivity index (χ1v) is 9.90. The Morgan fingerprint density at radius 3 is 2.80 bits per heavy atom.